The van der Waals surface area contributed by atoms with Crippen LogP contribution in [-0.4, -0.2) is 39.8 Å². The van der Waals surface area contributed by atoms with Crippen molar-refractivity contribution >= 4 is 23.3 Å². The topological polar surface area (TPSA) is 72.8 Å². The molecule has 2 aromatic carbocycles. The molecule has 1 atom stereocenters. The number of anilines is 1. The fourth-order valence-electron chi connectivity index (χ4n) is 5.43. The van der Waals surface area contributed by atoms with E-state index in [-0.39, 0.29) is 23.1 Å². The highest BCUT2D eigenvalue weighted by atomic mass is 35.5. The molecule has 0 saturated heterocycles. The highest BCUT2D eigenvalue weighted by Gasteiger charge is 2.53. The molecule has 3 N–H and O–H groups in total. The largest absolute Gasteiger partial charge is 0.480 e. The molecule has 1 saturated carbocycles. The van der Waals surface area contributed by atoms with Crippen molar-refractivity contribution in [1.29, 1.82) is 0 Å². The van der Waals surface area contributed by atoms with E-state index in [0.717, 1.165) is 13.1 Å². The second kappa shape index (κ2) is 8.65. The van der Waals surface area contributed by atoms with E-state index in [1.54, 1.807) is 0 Å². The van der Waals surface area contributed by atoms with E-state index < -0.39 is 17.3 Å². The lowest BCUT2D eigenvalue weighted by Gasteiger charge is -2.48. The number of aryl methyl sites for hydroxylation is 1. The first-order valence-corrected chi connectivity index (χ1v) is 11.5. The van der Waals surface area contributed by atoms with Gasteiger partial charge in [-0.2, -0.15) is 0 Å². The number of hydrogen-bond acceptors (Lipinski definition) is 4. The molecule has 1 heterocycles. The maximum atomic E-state index is 13.6. The van der Waals surface area contributed by atoms with Crippen LogP contribution < -0.4 is 5.32 Å². The normalized spacial score (nSPS) is 26.2. The molecule has 0 amide bonds. The molecular weight excluding hydrogens is 431 g/mol. The van der Waals surface area contributed by atoms with Crippen molar-refractivity contribution in [3.05, 3.63) is 63.9 Å². The lowest BCUT2D eigenvalue weighted by molar-refractivity contribution is -0.145. The van der Waals surface area contributed by atoms with Gasteiger partial charge in [0, 0.05) is 30.9 Å². The van der Waals surface area contributed by atoms with Crippen LogP contribution in [0.2, 0.25) is 5.02 Å². The Labute approximate surface area is 193 Å². The van der Waals surface area contributed by atoms with Gasteiger partial charge in [0.05, 0.1) is 5.02 Å². The molecule has 0 unspecified atom stereocenters. The number of carboxylic acid groups (broad SMARTS) is 1. The van der Waals surface area contributed by atoms with Crippen molar-refractivity contribution in [3.63, 3.8) is 0 Å². The number of halogens is 2. The van der Waals surface area contributed by atoms with Crippen LogP contribution in [-0.2, 0) is 16.9 Å². The molecule has 1 spiro atoms. The zero-order chi connectivity index (χ0) is 23.1. The third-order valence-electron chi connectivity index (χ3n) is 7.22. The van der Waals surface area contributed by atoms with Gasteiger partial charge in [-0.25, -0.2) is 9.18 Å². The highest BCUT2D eigenvalue weighted by molar-refractivity contribution is 6.31. The number of nitrogens with zero attached hydrogens (tertiary/aromatic N) is 1. The number of aliphatic hydroxyl groups is 1. The Bertz CT molecular complexity index is 1020. The van der Waals surface area contributed by atoms with Gasteiger partial charge in [0.25, 0.3) is 0 Å². The molecular formula is C25H30ClFN2O3. The molecule has 1 fully saturated rings. The van der Waals surface area contributed by atoms with Crippen molar-refractivity contribution < 1.29 is 19.4 Å². The first-order chi connectivity index (χ1) is 15.2. The summed E-state index contributed by atoms with van der Waals surface area (Å²) in [7, 11) is 0. The fraction of sp³-hybridized carbons (Fsp3) is 0.480. The maximum absolute atomic E-state index is 13.6. The molecule has 1 aliphatic heterocycles. The number of carbonyl (C=O) groups is 1. The molecule has 32 heavy (non-hydrogen) atoms. The lowest BCUT2D eigenvalue weighted by atomic mass is 9.69. The maximum Gasteiger partial charge on any atom is 0.329 e. The number of rotatable bonds is 6. The smallest absolute Gasteiger partial charge is 0.329 e. The molecule has 1 aliphatic carbocycles. The second-order valence-corrected chi connectivity index (χ2v) is 9.91. The minimum absolute atomic E-state index is 0.0351. The van der Waals surface area contributed by atoms with Gasteiger partial charge in [-0.3, -0.25) is 4.90 Å². The van der Waals surface area contributed by atoms with Crippen molar-refractivity contribution in [1.82, 2.24) is 4.90 Å². The summed E-state index contributed by atoms with van der Waals surface area (Å²) < 4.78 is 13.6. The Morgan fingerprint density at radius 1 is 1.22 bits per heavy atom. The fourth-order valence-corrected chi connectivity index (χ4v) is 5.61. The number of aliphatic carboxylic acids is 1. The van der Waals surface area contributed by atoms with E-state index in [9.17, 15) is 19.4 Å². The van der Waals surface area contributed by atoms with E-state index in [0.29, 0.717) is 31.4 Å². The number of nitrogens with one attached hydrogen (secondary N) is 1. The van der Waals surface area contributed by atoms with Crippen molar-refractivity contribution in [2.24, 2.45) is 5.92 Å². The predicted molar refractivity (Wildman–Crippen MR) is 123 cm³/mol. The summed E-state index contributed by atoms with van der Waals surface area (Å²) in [6.07, 6.45) is 2.20. The minimum atomic E-state index is -1.14. The first-order valence-electron chi connectivity index (χ1n) is 11.1. The minimum Gasteiger partial charge on any atom is -0.480 e. The summed E-state index contributed by atoms with van der Waals surface area (Å²) in [5.41, 5.74) is 2.89. The number of aliphatic hydroxyl groups excluding tert-OH is 1. The number of fused-ring (bicyclic) bond motifs is 2. The van der Waals surface area contributed by atoms with Gasteiger partial charge in [0.15, 0.2) is 0 Å². The van der Waals surface area contributed by atoms with Gasteiger partial charge in [-0.15, -0.1) is 0 Å². The van der Waals surface area contributed by atoms with E-state index in [1.165, 1.54) is 34.9 Å². The summed E-state index contributed by atoms with van der Waals surface area (Å²) in [4.78, 5) is 14.8. The number of carboxylic acids is 1. The van der Waals surface area contributed by atoms with Gasteiger partial charge < -0.3 is 15.5 Å². The van der Waals surface area contributed by atoms with Crippen LogP contribution in [0.3, 0.4) is 0 Å². The summed E-state index contributed by atoms with van der Waals surface area (Å²) in [6, 6.07) is 10.7. The van der Waals surface area contributed by atoms with Crippen LogP contribution >= 0.6 is 11.6 Å². The monoisotopic (exact) mass is 460 g/mol. The van der Waals surface area contributed by atoms with Crippen LogP contribution in [0, 0.1) is 18.7 Å². The van der Waals surface area contributed by atoms with Crippen molar-refractivity contribution in [2.75, 3.05) is 18.5 Å². The average molecular weight is 461 g/mol. The Morgan fingerprint density at radius 3 is 2.56 bits per heavy atom. The molecule has 5 nitrogen and oxygen atoms in total. The van der Waals surface area contributed by atoms with Crippen LogP contribution in [0.1, 0.15) is 49.3 Å². The van der Waals surface area contributed by atoms with Crippen LogP contribution in [0.15, 0.2) is 36.4 Å². The van der Waals surface area contributed by atoms with E-state index in [2.05, 4.69) is 35.3 Å². The molecule has 2 aliphatic rings. The van der Waals surface area contributed by atoms with Gasteiger partial charge in [-0.05, 0) is 67.9 Å². The van der Waals surface area contributed by atoms with Gasteiger partial charge >= 0.3 is 5.97 Å². The summed E-state index contributed by atoms with van der Waals surface area (Å²) in [5.74, 6) is -1.31. The van der Waals surface area contributed by atoms with Crippen molar-refractivity contribution in [2.45, 2.75) is 57.2 Å². The van der Waals surface area contributed by atoms with Gasteiger partial charge in [-0.1, -0.05) is 42.3 Å². The van der Waals surface area contributed by atoms with Crippen LogP contribution in [0.5, 0.6) is 0 Å². The standard InChI is InChI=1S/C25H30ClFN2O3/c1-16-3-5-20-18(11-16)14-29(13-17(2)15-30)25(20)9-7-24(8-10-25,23(31)32)28-19-4-6-22(27)21(26)12-19/h3-6,11-12,17,28,30H,7-10,13-15H2,1-2H3,(H,31,32)/t17-,24?,25?/m1/s1. The summed E-state index contributed by atoms with van der Waals surface area (Å²) >= 11 is 5.92. The predicted octanol–water partition coefficient (Wildman–Crippen LogP) is 4.94. The Morgan fingerprint density at radius 2 is 1.94 bits per heavy atom. The lowest BCUT2D eigenvalue weighted by Crippen LogP contribution is -2.55. The zero-order valence-corrected chi connectivity index (χ0v) is 19.3. The quantitative estimate of drug-likeness (QED) is 0.569. The van der Waals surface area contributed by atoms with Crippen molar-refractivity contribution in [3.8, 4) is 0 Å². The molecule has 172 valence electrons. The molecule has 4 rings (SSSR count). The Kier molecular flexibility index (Phi) is 6.23. The molecule has 0 aromatic heterocycles. The van der Waals surface area contributed by atoms with Crippen LogP contribution in [0.4, 0.5) is 10.1 Å². The SMILES string of the molecule is Cc1ccc2c(c1)CN(C[C@@H](C)CO)C21CCC(Nc2ccc(F)c(Cl)c2)(C(=O)O)CC1. The third kappa shape index (κ3) is 4.00. The average Bonchev–Trinajstić information content (AvgIpc) is 3.04. The van der Waals surface area contributed by atoms with E-state index in [4.69, 9.17) is 11.6 Å². The Hall–Kier alpha value is -2.15. The number of benzene rings is 2. The Balaban J connectivity index is 1.64. The summed E-state index contributed by atoms with van der Waals surface area (Å²) in [5, 5.41) is 22.9. The number of hydrogen-bond donors (Lipinski definition) is 3. The van der Waals surface area contributed by atoms with Gasteiger partial charge in [0.2, 0.25) is 0 Å². The molecule has 7 heteroatoms. The second-order valence-electron chi connectivity index (χ2n) is 9.50. The summed E-state index contributed by atoms with van der Waals surface area (Å²) in [6.45, 7) is 5.80. The molecule has 0 radical (unpaired) electrons. The van der Waals surface area contributed by atoms with Crippen LogP contribution in [0.25, 0.3) is 0 Å². The molecule has 0 bridgehead atoms. The zero-order valence-electron chi connectivity index (χ0n) is 18.5. The highest BCUT2D eigenvalue weighted by Crippen LogP contribution is 2.52. The van der Waals surface area contributed by atoms with E-state index >= 15 is 0 Å². The first kappa shape index (κ1) is 23.0. The third-order valence-corrected chi connectivity index (χ3v) is 7.51. The molecule has 2 aromatic rings. The van der Waals surface area contributed by atoms with E-state index in [1.807, 2.05) is 6.92 Å². The van der Waals surface area contributed by atoms with Gasteiger partial charge in [0.1, 0.15) is 11.4 Å².